The van der Waals surface area contributed by atoms with Crippen LogP contribution in [0.4, 0.5) is 17.1 Å². The third-order valence-corrected chi connectivity index (χ3v) is 4.26. The minimum Gasteiger partial charge on any atom is -0.484 e. The summed E-state index contributed by atoms with van der Waals surface area (Å²) in [5.41, 5.74) is 1.33. The van der Waals surface area contributed by atoms with Crippen LogP contribution in [0.25, 0.3) is 0 Å². The SMILES string of the molecule is CN(C(=O)c1cccc([N+](=O)[O-])c1)c1ccc(OCC(=O)Nc2ccccc2)cc1. The molecule has 0 aliphatic heterocycles. The maximum Gasteiger partial charge on any atom is 0.270 e. The Kier molecular flexibility index (Phi) is 6.39. The van der Waals surface area contributed by atoms with Gasteiger partial charge in [0.15, 0.2) is 6.61 Å². The molecule has 0 radical (unpaired) electrons. The van der Waals surface area contributed by atoms with Crippen LogP contribution in [-0.4, -0.2) is 30.4 Å². The van der Waals surface area contributed by atoms with E-state index in [1.807, 2.05) is 18.2 Å². The van der Waals surface area contributed by atoms with E-state index in [1.165, 1.54) is 29.2 Å². The zero-order valence-corrected chi connectivity index (χ0v) is 16.1. The first-order chi connectivity index (χ1) is 14.4. The van der Waals surface area contributed by atoms with Gasteiger partial charge >= 0.3 is 0 Å². The first-order valence-electron chi connectivity index (χ1n) is 9.04. The van der Waals surface area contributed by atoms with Crippen molar-refractivity contribution in [2.45, 2.75) is 0 Å². The van der Waals surface area contributed by atoms with Gasteiger partial charge in [0, 0.05) is 36.1 Å². The van der Waals surface area contributed by atoms with Gasteiger partial charge in [0.25, 0.3) is 17.5 Å². The molecule has 0 heterocycles. The third kappa shape index (κ3) is 5.20. The summed E-state index contributed by atoms with van der Waals surface area (Å²) >= 11 is 0. The van der Waals surface area contributed by atoms with Crippen LogP contribution in [0.5, 0.6) is 5.75 Å². The second-order valence-electron chi connectivity index (χ2n) is 6.37. The Bertz CT molecular complexity index is 1050. The molecule has 30 heavy (non-hydrogen) atoms. The number of hydrogen-bond donors (Lipinski definition) is 1. The van der Waals surface area contributed by atoms with Gasteiger partial charge in [-0.15, -0.1) is 0 Å². The number of para-hydroxylation sites is 1. The van der Waals surface area contributed by atoms with Crippen molar-refractivity contribution in [1.29, 1.82) is 0 Å². The molecule has 0 bridgehead atoms. The number of nitro benzene ring substituents is 1. The van der Waals surface area contributed by atoms with Crippen LogP contribution in [0, 0.1) is 10.1 Å². The first-order valence-corrected chi connectivity index (χ1v) is 9.04. The highest BCUT2D eigenvalue weighted by molar-refractivity contribution is 6.06. The van der Waals surface area contributed by atoms with E-state index in [0.717, 1.165) is 0 Å². The molecule has 0 fully saturated rings. The number of ether oxygens (including phenoxy) is 1. The number of nitrogens with one attached hydrogen (secondary N) is 1. The highest BCUT2D eigenvalue weighted by Crippen LogP contribution is 2.21. The normalized spacial score (nSPS) is 10.2. The van der Waals surface area contributed by atoms with Gasteiger partial charge in [0.1, 0.15) is 5.75 Å². The molecule has 0 atom stereocenters. The van der Waals surface area contributed by atoms with Crippen molar-refractivity contribution in [3.63, 3.8) is 0 Å². The van der Waals surface area contributed by atoms with E-state index in [9.17, 15) is 19.7 Å². The number of nitro groups is 1. The van der Waals surface area contributed by atoms with Gasteiger partial charge in [-0.3, -0.25) is 19.7 Å². The highest BCUT2D eigenvalue weighted by Gasteiger charge is 2.16. The number of hydrogen-bond acceptors (Lipinski definition) is 5. The standard InChI is InChI=1S/C22H19N3O5/c1-24(22(27)16-6-5-9-19(14-16)25(28)29)18-10-12-20(13-11-18)30-15-21(26)23-17-7-3-2-4-8-17/h2-14H,15H2,1H3,(H,23,26). The summed E-state index contributed by atoms with van der Waals surface area (Å²) in [6.45, 7) is -0.156. The number of amides is 2. The van der Waals surface area contributed by atoms with Crippen LogP contribution in [-0.2, 0) is 4.79 Å². The Hall–Kier alpha value is -4.20. The number of carbonyl (C=O) groups is 2. The van der Waals surface area contributed by atoms with Crippen molar-refractivity contribution < 1.29 is 19.2 Å². The Labute approximate surface area is 172 Å². The Morgan fingerprint density at radius 2 is 1.70 bits per heavy atom. The van der Waals surface area contributed by atoms with Crippen molar-refractivity contribution >= 4 is 28.9 Å². The molecule has 1 N–H and O–H groups in total. The maximum atomic E-state index is 12.6. The molecule has 0 unspecified atom stereocenters. The Morgan fingerprint density at radius 1 is 1.00 bits per heavy atom. The summed E-state index contributed by atoms with van der Waals surface area (Å²) in [6, 6.07) is 21.2. The average Bonchev–Trinajstić information content (AvgIpc) is 2.78. The topological polar surface area (TPSA) is 102 Å². The van der Waals surface area contributed by atoms with E-state index in [-0.39, 0.29) is 29.7 Å². The summed E-state index contributed by atoms with van der Waals surface area (Å²) < 4.78 is 5.47. The Morgan fingerprint density at radius 3 is 2.37 bits per heavy atom. The van der Waals surface area contributed by atoms with Gasteiger partial charge in [-0.05, 0) is 42.5 Å². The lowest BCUT2D eigenvalue weighted by Crippen LogP contribution is -2.26. The maximum absolute atomic E-state index is 12.6. The van der Waals surface area contributed by atoms with Gasteiger partial charge in [0.05, 0.1) is 4.92 Å². The summed E-state index contributed by atoms with van der Waals surface area (Å²) in [4.78, 5) is 36.3. The molecule has 0 spiro atoms. The van der Waals surface area contributed by atoms with Crippen LogP contribution >= 0.6 is 0 Å². The van der Waals surface area contributed by atoms with Crippen LogP contribution in [0.2, 0.25) is 0 Å². The lowest BCUT2D eigenvalue weighted by molar-refractivity contribution is -0.384. The van der Waals surface area contributed by atoms with E-state index in [1.54, 1.807) is 43.4 Å². The quantitative estimate of drug-likeness (QED) is 0.475. The molecule has 3 aromatic rings. The van der Waals surface area contributed by atoms with Gasteiger partial charge < -0.3 is 15.0 Å². The minimum absolute atomic E-state index is 0.147. The number of rotatable bonds is 7. The fourth-order valence-corrected chi connectivity index (χ4v) is 2.70. The van der Waals surface area contributed by atoms with Crippen molar-refractivity contribution in [2.24, 2.45) is 0 Å². The summed E-state index contributed by atoms with van der Waals surface area (Å²) in [7, 11) is 1.57. The summed E-state index contributed by atoms with van der Waals surface area (Å²) in [5.74, 6) is -0.198. The second-order valence-corrected chi connectivity index (χ2v) is 6.37. The van der Waals surface area contributed by atoms with Crippen LogP contribution in [0.15, 0.2) is 78.9 Å². The molecule has 3 aromatic carbocycles. The Balaban J connectivity index is 1.59. The first kappa shape index (κ1) is 20.5. The van der Waals surface area contributed by atoms with Crippen LogP contribution in [0.1, 0.15) is 10.4 Å². The zero-order chi connectivity index (χ0) is 21.5. The van der Waals surface area contributed by atoms with E-state index in [2.05, 4.69) is 5.32 Å². The molecule has 152 valence electrons. The fraction of sp³-hybridized carbons (Fsp3) is 0.0909. The summed E-state index contributed by atoms with van der Waals surface area (Å²) in [6.07, 6.45) is 0. The van der Waals surface area contributed by atoms with Crippen molar-refractivity contribution in [2.75, 3.05) is 23.9 Å². The fourth-order valence-electron chi connectivity index (χ4n) is 2.70. The van der Waals surface area contributed by atoms with Crippen molar-refractivity contribution in [1.82, 2.24) is 0 Å². The molecular formula is C22H19N3O5. The average molecular weight is 405 g/mol. The monoisotopic (exact) mass is 405 g/mol. The number of anilines is 2. The number of benzene rings is 3. The largest absolute Gasteiger partial charge is 0.484 e. The van der Waals surface area contributed by atoms with E-state index >= 15 is 0 Å². The van der Waals surface area contributed by atoms with Crippen molar-refractivity contribution in [3.05, 3.63) is 94.5 Å². The number of carbonyl (C=O) groups excluding carboxylic acids is 2. The second kappa shape index (κ2) is 9.33. The van der Waals surface area contributed by atoms with Gasteiger partial charge in [-0.2, -0.15) is 0 Å². The minimum atomic E-state index is -0.545. The molecule has 3 rings (SSSR count). The smallest absolute Gasteiger partial charge is 0.270 e. The lowest BCUT2D eigenvalue weighted by atomic mass is 10.1. The molecule has 8 heteroatoms. The van der Waals surface area contributed by atoms with Crippen LogP contribution < -0.4 is 15.0 Å². The molecule has 0 aliphatic rings. The van der Waals surface area contributed by atoms with Gasteiger partial charge in [-0.1, -0.05) is 24.3 Å². The predicted octanol–water partition coefficient (Wildman–Crippen LogP) is 3.89. The zero-order valence-electron chi connectivity index (χ0n) is 16.1. The molecule has 0 aliphatic carbocycles. The highest BCUT2D eigenvalue weighted by atomic mass is 16.6. The molecule has 2 amide bonds. The predicted molar refractivity (Wildman–Crippen MR) is 113 cm³/mol. The van der Waals surface area contributed by atoms with Gasteiger partial charge in [-0.25, -0.2) is 0 Å². The lowest BCUT2D eigenvalue weighted by Gasteiger charge is -2.18. The molecular weight excluding hydrogens is 386 g/mol. The van der Waals surface area contributed by atoms with E-state index < -0.39 is 4.92 Å². The van der Waals surface area contributed by atoms with E-state index in [0.29, 0.717) is 17.1 Å². The molecule has 8 nitrogen and oxygen atoms in total. The molecule has 0 saturated heterocycles. The number of nitrogens with zero attached hydrogens (tertiary/aromatic N) is 2. The van der Waals surface area contributed by atoms with Gasteiger partial charge in [0.2, 0.25) is 0 Å². The van der Waals surface area contributed by atoms with E-state index in [4.69, 9.17) is 4.74 Å². The van der Waals surface area contributed by atoms with Crippen molar-refractivity contribution in [3.8, 4) is 5.75 Å². The molecule has 0 aromatic heterocycles. The van der Waals surface area contributed by atoms with Crippen LogP contribution in [0.3, 0.4) is 0 Å². The number of non-ortho nitro benzene ring substituents is 1. The molecule has 0 saturated carbocycles. The third-order valence-electron chi connectivity index (χ3n) is 4.26. The summed E-state index contributed by atoms with van der Waals surface area (Å²) in [5, 5.41) is 13.6.